The van der Waals surface area contributed by atoms with E-state index in [1.54, 1.807) is 28.8 Å². The third-order valence-corrected chi connectivity index (χ3v) is 7.43. The minimum Gasteiger partial charge on any atom is -0.325 e. The van der Waals surface area contributed by atoms with Gasteiger partial charge < -0.3 is 5.32 Å². The van der Waals surface area contributed by atoms with Crippen LogP contribution in [0.15, 0.2) is 59.8 Å². The lowest BCUT2D eigenvalue weighted by molar-refractivity contribution is -0.115. The third kappa shape index (κ3) is 5.08. The van der Waals surface area contributed by atoms with Crippen LogP contribution in [0.5, 0.6) is 0 Å². The molecule has 8 nitrogen and oxygen atoms in total. The van der Waals surface area contributed by atoms with E-state index in [1.165, 1.54) is 11.8 Å². The molecule has 0 fully saturated rings. The van der Waals surface area contributed by atoms with Gasteiger partial charge in [0.05, 0.1) is 16.5 Å². The number of carbonyl (C=O) groups excluding carboxylic acids is 1. The molecule has 0 radical (unpaired) electrons. The van der Waals surface area contributed by atoms with Crippen LogP contribution >= 0.6 is 23.4 Å². The van der Waals surface area contributed by atoms with E-state index in [1.807, 2.05) is 49.7 Å². The summed E-state index contributed by atoms with van der Waals surface area (Å²) in [5, 5.41) is 14.1. The number of amides is 1. The lowest BCUT2D eigenvalue weighted by Gasteiger charge is -2.15. The monoisotopic (exact) mass is 519 g/mol. The molecule has 3 heterocycles. The molecule has 184 valence electrons. The van der Waals surface area contributed by atoms with Gasteiger partial charge in [-0.25, -0.2) is 9.97 Å². The van der Waals surface area contributed by atoms with Crippen LogP contribution in [0.25, 0.3) is 16.6 Å². The fraction of sp³-hybridized carbons (Fsp3) is 0.269. The maximum atomic E-state index is 13.1. The first-order valence-corrected chi connectivity index (χ1v) is 13.1. The molecule has 0 bridgehead atoms. The predicted molar refractivity (Wildman–Crippen MR) is 144 cm³/mol. The van der Waals surface area contributed by atoms with Crippen molar-refractivity contribution in [3.8, 4) is 0 Å². The van der Waals surface area contributed by atoms with Crippen LogP contribution in [0.4, 0.5) is 5.69 Å². The van der Waals surface area contributed by atoms with Crippen LogP contribution in [0, 0.1) is 13.8 Å². The summed E-state index contributed by atoms with van der Waals surface area (Å²) in [5.41, 5.74) is 4.36. The van der Waals surface area contributed by atoms with Crippen molar-refractivity contribution in [3.05, 3.63) is 76.8 Å². The number of aryl methyl sites for hydroxylation is 4. The molecule has 0 saturated heterocycles. The van der Waals surface area contributed by atoms with Crippen molar-refractivity contribution in [2.75, 3.05) is 5.32 Å². The fourth-order valence-corrected chi connectivity index (χ4v) is 5.16. The smallest absolute Gasteiger partial charge is 0.237 e. The van der Waals surface area contributed by atoms with Gasteiger partial charge in [-0.3, -0.25) is 9.48 Å². The van der Waals surface area contributed by atoms with E-state index in [0.717, 1.165) is 27.9 Å². The van der Waals surface area contributed by atoms with Crippen molar-refractivity contribution < 1.29 is 4.79 Å². The lowest BCUT2D eigenvalue weighted by Crippen LogP contribution is -2.25. The number of hydrogen-bond donors (Lipinski definition) is 1. The number of carbonyl (C=O) groups is 1. The summed E-state index contributed by atoms with van der Waals surface area (Å²) < 4.78 is 3.74. The molecule has 2 aromatic carbocycles. The maximum absolute atomic E-state index is 13.1. The van der Waals surface area contributed by atoms with Crippen LogP contribution in [0.3, 0.4) is 0 Å². The Morgan fingerprint density at radius 2 is 1.86 bits per heavy atom. The van der Waals surface area contributed by atoms with Crippen molar-refractivity contribution in [3.63, 3.8) is 0 Å². The molecule has 36 heavy (non-hydrogen) atoms. The van der Waals surface area contributed by atoms with Crippen molar-refractivity contribution in [2.24, 2.45) is 0 Å². The van der Waals surface area contributed by atoms with E-state index in [2.05, 4.69) is 16.5 Å². The van der Waals surface area contributed by atoms with Gasteiger partial charge in [-0.15, -0.1) is 5.10 Å². The standard InChI is InChI=1S/C26H26ClN7OS/c1-4-22(25(35)28-19-11-9-18(27)10-12-19)36-26-29-21-8-6-5-7-20(21)24-30-23(32-34(24)26)13-14-33-17(3)15-16(2)31-33/h5-12,15,22H,4,13-14H2,1-3H3,(H,28,35)/t22-/m1/s1. The van der Waals surface area contributed by atoms with Gasteiger partial charge in [0, 0.05) is 34.8 Å². The predicted octanol–water partition coefficient (Wildman–Crippen LogP) is 5.50. The number of nitrogens with zero attached hydrogens (tertiary/aromatic N) is 6. The van der Waals surface area contributed by atoms with E-state index in [0.29, 0.717) is 41.1 Å². The Labute approximate surface area is 218 Å². The number of anilines is 1. The number of halogens is 1. The van der Waals surface area contributed by atoms with Crippen molar-refractivity contribution in [1.82, 2.24) is 29.4 Å². The van der Waals surface area contributed by atoms with Crippen LogP contribution in [0.2, 0.25) is 5.02 Å². The van der Waals surface area contributed by atoms with Gasteiger partial charge in [-0.1, -0.05) is 42.4 Å². The molecule has 0 aliphatic heterocycles. The largest absolute Gasteiger partial charge is 0.325 e. The van der Waals surface area contributed by atoms with Crippen LogP contribution in [-0.4, -0.2) is 40.5 Å². The van der Waals surface area contributed by atoms with Crippen molar-refractivity contribution >= 4 is 51.5 Å². The zero-order chi connectivity index (χ0) is 25.2. The number of hydrogen-bond acceptors (Lipinski definition) is 6. The van der Waals surface area contributed by atoms with Gasteiger partial charge in [0.2, 0.25) is 5.91 Å². The Morgan fingerprint density at radius 3 is 2.58 bits per heavy atom. The number of rotatable bonds is 8. The second-order valence-corrected chi connectivity index (χ2v) is 10.2. The van der Waals surface area contributed by atoms with Gasteiger partial charge in [-0.05, 0) is 62.7 Å². The van der Waals surface area contributed by atoms with Gasteiger partial charge in [0.25, 0.3) is 0 Å². The highest BCUT2D eigenvalue weighted by Crippen LogP contribution is 2.29. The van der Waals surface area contributed by atoms with Crippen molar-refractivity contribution in [2.45, 2.75) is 50.6 Å². The first-order valence-electron chi connectivity index (χ1n) is 11.8. The van der Waals surface area contributed by atoms with E-state index in [9.17, 15) is 4.79 Å². The molecule has 0 aliphatic rings. The minimum absolute atomic E-state index is 0.0993. The number of nitrogens with one attached hydrogen (secondary N) is 1. The van der Waals surface area contributed by atoms with E-state index in [-0.39, 0.29) is 11.2 Å². The topological polar surface area (TPSA) is 90.0 Å². The van der Waals surface area contributed by atoms with Crippen LogP contribution in [-0.2, 0) is 17.8 Å². The Morgan fingerprint density at radius 1 is 1.08 bits per heavy atom. The number of aromatic nitrogens is 6. The zero-order valence-corrected chi connectivity index (χ0v) is 21.8. The Balaban J connectivity index is 1.45. The number of para-hydroxylation sites is 1. The normalized spacial score (nSPS) is 12.3. The Hall–Kier alpha value is -3.43. The van der Waals surface area contributed by atoms with Crippen molar-refractivity contribution in [1.29, 1.82) is 0 Å². The third-order valence-electron chi connectivity index (χ3n) is 5.87. The molecule has 3 aromatic heterocycles. The summed E-state index contributed by atoms with van der Waals surface area (Å²) in [4.78, 5) is 22.8. The Kier molecular flexibility index (Phi) is 6.93. The average molecular weight is 520 g/mol. The van der Waals surface area contributed by atoms with E-state index in [4.69, 9.17) is 26.7 Å². The molecule has 5 aromatic rings. The quantitative estimate of drug-likeness (QED) is 0.215. The molecule has 1 atom stereocenters. The molecule has 1 N–H and O–H groups in total. The van der Waals surface area contributed by atoms with E-state index < -0.39 is 0 Å². The number of benzene rings is 2. The molecule has 5 rings (SSSR count). The van der Waals surface area contributed by atoms with Crippen LogP contribution in [0.1, 0.15) is 30.6 Å². The minimum atomic E-state index is -0.361. The second-order valence-electron chi connectivity index (χ2n) is 8.59. The first kappa shape index (κ1) is 24.3. The summed E-state index contributed by atoms with van der Waals surface area (Å²) in [6.45, 7) is 6.70. The highest BCUT2D eigenvalue weighted by atomic mass is 35.5. The molecule has 0 saturated carbocycles. The highest BCUT2D eigenvalue weighted by Gasteiger charge is 2.22. The summed E-state index contributed by atoms with van der Waals surface area (Å²) >= 11 is 7.36. The molecule has 0 aliphatic carbocycles. The average Bonchev–Trinajstić information content (AvgIpc) is 3.44. The van der Waals surface area contributed by atoms with Gasteiger partial charge in [0.1, 0.15) is 0 Å². The zero-order valence-electron chi connectivity index (χ0n) is 20.3. The molecule has 0 unspecified atom stereocenters. The summed E-state index contributed by atoms with van der Waals surface area (Å²) in [6.07, 6.45) is 1.26. The van der Waals surface area contributed by atoms with Crippen LogP contribution < -0.4 is 5.32 Å². The number of thioether (sulfide) groups is 1. The van der Waals surface area contributed by atoms with Gasteiger partial charge >= 0.3 is 0 Å². The highest BCUT2D eigenvalue weighted by molar-refractivity contribution is 8.00. The fourth-order valence-electron chi connectivity index (χ4n) is 4.07. The SMILES string of the molecule is CC[C@@H](Sc1nc2ccccc2c2nc(CCn3nc(C)cc3C)nn12)C(=O)Nc1ccc(Cl)cc1. The molecule has 0 spiro atoms. The summed E-state index contributed by atoms with van der Waals surface area (Å²) in [5.74, 6) is 0.610. The summed E-state index contributed by atoms with van der Waals surface area (Å²) in [7, 11) is 0. The Bertz CT molecular complexity index is 1540. The van der Waals surface area contributed by atoms with Gasteiger partial charge in [-0.2, -0.15) is 9.61 Å². The molecular formula is C26H26ClN7OS. The number of fused-ring (bicyclic) bond motifs is 3. The first-order chi connectivity index (χ1) is 17.4. The van der Waals surface area contributed by atoms with E-state index >= 15 is 0 Å². The molecule has 10 heteroatoms. The second kappa shape index (κ2) is 10.3. The lowest BCUT2D eigenvalue weighted by atomic mass is 10.2. The molecular weight excluding hydrogens is 494 g/mol. The maximum Gasteiger partial charge on any atom is 0.237 e. The summed E-state index contributed by atoms with van der Waals surface area (Å²) in [6, 6.07) is 17.0. The van der Waals surface area contributed by atoms with Gasteiger partial charge in [0.15, 0.2) is 16.6 Å². The molecule has 1 amide bonds.